The second-order valence-electron chi connectivity index (χ2n) is 4.57. The van der Waals surface area contributed by atoms with E-state index in [1.54, 1.807) is 28.1 Å². The van der Waals surface area contributed by atoms with Crippen LogP contribution in [0.3, 0.4) is 0 Å². The summed E-state index contributed by atoms with van der Waals surface area (Å²) in [6.45, 7) is 6.00. The summed E-state index contributed by atoms with van der Waals surface area (Å²) >= 11 is 0. The number of aromatic nitrogens is 1. The molecule has 0 aliphatic heterocycles. The molecule has 1 heterocycles. The van der Waals surface area contributed by atoms with Gasteiger partial charge in [-0.15, -0.1) is 0 Å². The van der Waals surface area contributed by atoms with Crippen molar-refractivity contribution in [2.45, 2.75) is 40.0 Å². The van der Waals surface area contributed by atoms with Gasteiger partial charge in [-0.1, -0.05) is 6.92 Å². The first-order chi connectivity index (χ1) is 9.99. The van der Waals surface area contributed by atoms with Gasteiger partial charge in [-0.25, -0.2) is 4.79 Å². The van der Waals surface area contributed by atoms with Crippen molar-refractivity contribution in [1.29, 1.82) is 0 Å². The summed E-state index contributed by atoms with van der Waals surface area (Å²) in [5.74, 6) is -0.603. The third kappa shape index (κ3) is 3.92. The molecule has 0 aromatic carbocycles. The number of ether oxygens (including phenoxy) is 3. The molecule has 0 saturated carbocycles. The lowest BCUT2D eigenvalue weighted by molar-refractivity contribution is -0.111. The Morgan fingerprint density at radius 2 is 1.90 bits per heavy atom. The monoisotopic (exact) mass is 297 g/mol. The van der Waals surface area contributed by atoms with E-state index in [4.69, 9.17) is 14.2 Å². The molecule has 0 bridgehead atoms. The Hall–Kier alpha value is -1.66. The van der Waals surface area contributed by atoms with Crippen molar-refractivity contribution in [3.63, 3.8) is 0 Å². The Bertz CT molecular complexity index is 546. The second kappa shape index (κ2) is 7.95. The van der Waals surface area contributed by atoms with Crippen molar-refractivity contribution >= 4 is 5.97 Å². The molecule has 1 rings (SSSR count). The maximum absolute atomic E-state index is 12.3. The Labute approximate surface area is 124 Å². The molecule has 0 aliphatic rings. The number of hydrogen-bond acceptors (Lipinski definition) is 5. The van der Waals surface area contributed by atoms with Crippen LogP contribution in [0.5, 0.6) is 0 Å². The van der Waals surface area contributed by atoms with E-state index in [0.29, 0.717) is 18.5 Å². The van der Waals surface area contributed by atoms with Crippen LogP contribution in [-0.2, 0) is 27.2 Å². The number of carbonyl (C=O) groups excluding carboxylic acids is 1. The van der Waals surface area contributed by atoms with Gasteiger partial charge in [-0.3, -0.25) is 4.79 Å². The largest absolute Gasteiger partial charge is 0.462 e. The summed E-state index contributed by atoms with van der Waals surface area (Å²) in [5, 5.41) is 0. The van der Waals surface area contributed by atoms with Crippen molar-refractivity contribution in [1.82, 2.24) is 4.57 Å². The molecule has 0 N–H and O–H groups in total. The minimum atomic E-state index is -0.603. The van der Waals surface area contributed by atoms with E-state index in [1.165, 1.54) is 6.20 Å². The van der Waals surface area contributed by atoms with Crippen molar-refractivity contribution in [2.24, 2.45) is 0 Å². The average Bonchev–Trinajstić information content (AvgIpc) is 2.48. The molecule has 0 saturated heterocycles. The van der Waals surface area contributed by atoms with Crippen LogP contribution in [-0.4, -0.2) is 37.7 Å². The van der Waals surface area contributed by atoms with Crippen LogP contribution in [0.1, 0.15) is 35.5 Å². The minimum absolute atomic E-state index is 0.0394. The van der Waals surface area contributed by atoms with Crippen molar-refractivity contribution in [3.05, 3.63) is 33.2 Å². The molecule has 0 unspecified atom stereocenters. The molecule has 6 heteroatoms. The number of carbonyl (C=O) groups is 1. The molecule has 21 heavy (non-hydrogen) atoms. The highest BCUT2D eigenvalue weighted by atomic mass is 16.7. The number of rotatable bonds is 7. The van der Waals surface area contributed by atoms with Gasteiger partial charge in [0, 0.05) is 31.7 Å². The minimum Gasteiger partial charge on any atom is -0.462 e. The third-order valence-corrected chi connectivity index (χ3v) is 3.35. The van der Waals surface area contributed by atoms with Gasteiger partial charge in [0.15, 0.2) is 11.7 Å². The fourth-order valence-corrected chi connectivity index (χ4v) is 2.23. The Morgan fingerprint density at radius 3 is 2.38 bits per heavy atom. The predicted molar refractivity (Wildman–Crippen MR) is 78.6 cm³/mol. The fourth-order valence-electron chi connectivity index (χ4n) is 2.23. The smallest absolute Gasteiger partial charge is 0.343 e. The lowest BCUT2D eigenvalue weighted by Gasteiger charge is -2.20. The van der Waals surface area contributed by atoms with Crippen molar-refractivity contribution in [2.75, 3.05) is 20.8 Å². The number of methoxy groups -OCH3 is 2. The Kier molecular flexibility index (Phi) is 6.58. The van der Waals surface area contributed by atoms with E-state index in [1.807, 2.05) is 11.5 Å². The van der Waals surface area contributed by atoms with Gasteiger partial charge >= 0.3 is 5.97 Å². The summed E-state index contributed by atoms with van der Waals surface area (Å²) in [6, 6.07) is 0. The zero-order valence-electron chi connectivity index (χ0n) is 13.3. The Morgan fingerprint density at radius 1 is 1.29 bits per heavy atom. The maximum Gasteiger partial charge on any atom is 0.343 e. The first-order valence-corrected chi connectivity index (χ1v) is 6.95. The predicted octanol–water partition coefficient (Wildman–Crippen LogP) is 1.51. The molecule has 1 aromatic rings. The van der Waals surface area contributed by atoms with Gasteiger partial charge in [-0.2, -0.15) is 0 Å². The van der Waals surface area contributed by atoms with Gasteiger partial charge < -0.3 is 18.8 Å². The lowest BCUT2D eigenvalue weighted by atomic mass is 10.1. The standard InChI is InChI=1S/C15H23NO5/c1-6-12-10(3)14(17)11(15(18)21-7-2)8-16(12)9-13(19-4)20-5/h8,13H,6-7,9H2,1-5H3. The summed E-state index contributed by atoms with van der Waals surface area (Å²) < 4.78 is 17.1. The first kappa shape index (κ1) is 17.4. The lowest BCUT2D eigenvalue weighted by Crippen LogP contribution is -2.29. The summed E-state index contributed by atoms with van der Waals surface area (Å²) in [5.41, 5.74) is 1.16. The molecule has 6 nitrogen and oxygen atoms in total. The number of esters is 1. The van der Waals surface area contributed by atoms with E-state index in [2.05, 4.69) is 0 Å². The van der Waals surface area contributed by atoms with E-state index >= 15 is 0 Å². The van der Waals surface area contributed by atoms with Crippen LogP contribution >= 0.6 is 0 Å². The highest BCUT2D eigenvalue weighted by Crippen LogP contribution is 2.11. The number of pyridine rings is 1. The molecule has 0 amide bonds. The van der Waals surface area contributed by atoms with Crippen LogP contribution in [0.15, 0.2) is 11.0 Å². The quantitative estimate of drug-likeness (QED) is 0.564. The van der Waals surface area contributed by atoms with Crippen LogP contribution in [0.25, 0.3) is 0 Å². The third-order valence-electron chi connectivity index (χ3n) is 3.35. The normalized spacial score (nSPS) is 11.0. The summed E-state index contributed by atoms with van der Waals surface area (Å²) in [4.78, 5) is 24.2. The zero-order valence-corrected chi connectivity index (χ0v) is 13.3. The first-order valence-electron chi connectivity index (χ1n) is 6.95. The molecule has 1 aromatic heterocycles. The van der Waals surface area contributed by atoms with Gasteiger partial charge in [0.25, 0.3) is 0 Å². The SMILES string of the molecule is CCOC(=O)c1cn(CC(OC)OC)c(CC)c(C)c1=O. The topological polar surface area (TPSA) is 66.8 Å². The zero-order chi connectivity index (χ0) is 16.0. The van der Waals surface area contributed by atoms with Gasteiger partial charge in [0.2, 0.25) is 0 Å². The molecule has 0 fully saturated rings. The number of nitrogens with zero attached hydrogens (tertiary/aromatic N) is 1. The van der Waals surface area contributed by atoms with E-state index in [0.717, 1.165) is 5.69 Å². The van der Waals surface area contributed by atoms with Crippen LogP contribution < -0.4 is 5.43 Å². The highest BCUT2D eigenvalue weighted by molar-refractivity contribution is 5.89. The van der Waals surface area contributed by atoms with Crippen LogP contribution in [0, 0.1) is 6.92 Å². The fraction of sp³-hybridized carbons (Fsp3) is 0.600. The van der Waals surface area contributed by atoms with E-state index in [9.17, 15) is 9.59 Å². The second-order valence-corrected chi connectivity index (χ2v) is 4.57. The molecule has 0 aliphatic carbocycles. The van der Waals surface area contributed by atoms with Crippen LogP contribution in [0.4, 0.5) is 0 Å². The highest BCUT2D eigenvalue weighted by Gasteiger charge is 2.19. The molecular formula is C15H23NO5. The van der Waals surface area contributed by atoms with Gasteiger partial charge in [0.05, 0.1) is 13.2 Å². The number of hydrogen-bond donors (Lipinski definition) is 0. The summed E-state index contributed by atoms with van der Waals surface area (Å²) in [7, 11) is 3.09. The van der Waals surface area contributed by atoms with Gasteiger partial charge in [-0.05, 0) is 20.3 Å². The molecule has 0 radical (unpaired) electrons. The Balaban J connectivity index is 3.34. The molecule has 0 spiro atoms. The average molecular weight is 297 g/mol. The molecule has 118 valence electrons. The van der Waals surface area contributed by atoms with E-state index in [-0.39, 0.29) is 17.6 Å². The summed E-state index contributed by atoms with van der Waals surface area (Å²) in [6.07, 6.45) is 1.74. The van der Waals surface area contributed by atoms with Gasteiger partial charge in [0.1, 0.15) is 5.56 Å². The van der Waals surface area contributed by atoms with E-state index < -0.39 is 12.3 Å². The molecule has 0 atom stereocenters. The maximum atomic E-state index is 12.3. The van der Waals surface area contributed by atoms with Crippen LogP contribution in [0.2, 0.25) is 0 Å². The molecular weight excluding hydrogens is 274 g/mol. The van der Waals surface area contributed by atoms with Crippen molar-refractivity contribution in [3.8, 4) is 0 Å². The van der Waals surface area contributed by atoms with Crippen molar-refractivity contribution < 1.29 is 19.0 Å².